The van der Waals surface area contributed by atoms with Gasteiger partial charge in [0.1, 0.15) is 0 Å². The number of carbonyl (C=O) groups excluding carboxylic acids is 1. The Hall–Kier alpha value is -0.660. The highest BCUT2D eigenvalue weighted by Gasteiger charge is 2.29. The van der Waals surface area contributed by atoms with Crippen molar-refractivity contribution in [2.75, 3.05) is 19.6 Å². The number of carbonyl (C=O) groups is 1. The van der Waals surface area contributed by atoms with Gasteiger partial charge in [-0.05, 0) is 37.5 Å². The Balaban J connectivity index is 1.68. The third kappa shape index (κ3) is 4.93. The van der Waals surface area contributed by atoms with Gasteiger partial charge < -0.3 is 5.32 Å². The molecule has 1 aliphatic heterocycles. The Kier molecular flexibility index (Phi) is 6.23. The van der Waals surface area contributed by atoms with Gasteiger partial charge in [-0.1, -0.05) is 26.2 Å². The first kappa shape index (κ1) is 17.7. The van der Waals surface area contributed by atoms with E-state index in [1.807, 2.05) is 0 Å². The zero-order valence-corrected chi connectivity index (χ0v) is 14.3. The summed E-state index contributed by atoms with van der Waals surface area (Å²) in [6, 6.07) is 0. The van der Waals surface area contributed by atoms with E-state index < -0.39 is 10.2 Å². The van der Waals surface area contributed by atoms with Crippen molar-refractivity contribution < 1.29 is 13.2 Å². The molecule has 2 aliphatic rings. The van der Waals surface area contributed by atoms with Crippen molar-refractivity contribution >= 4 is 16.1 Å². The highest BCUT2D eigenvalue weighted by Crippen LogP contribution is 2.30. The molecule has 0 radical (unpaired) electrons. The van der Waals surface area contributed by atoms with E-state index in [0.29, 0.717) is 31.8 Å². The number of hydrogen-bond acceptors (Lipinski definition) is 3. The SMILES string of the molecule is CCC1CCC(CNC(=O)C2CCN(S(N)(=O)=O)CC2)CC1. The third-order valence-electron chi connectivity index (χ3n) is 5.29. The molecule has 6 nitrogen and oxygen atoms in total. The molecule has 2 rings (SSSR count). The number of nitrogens with one attached hydrogen (secondary N) is 1. The fraction of sp³-hybridized carbons (Fsp3) is 0.933. The number of amides is 1. The molecule has 1 saturated heterocycles. The fourth-order valence-corrected chi connectivity index (χ4v) is 4.33. The van der Waals surface area contributed by atoms with Crippen molar-refractivity contribution in [2.24, 2.45) is 22.9 Å². The molecular weight excluding hydrogens is 302 g/mol. The van der Waals surface area contributed by atoms with Gasteiger partial charge in [0, 0.05) is 25.6 Å². The molecule has 0 bridgehead atoms. The second-order valence-electron chi connectivity index (χ2n) is 6.76. The van der Waals surface area contributed by atoms with Gasteiger partial charge in [-0.25, -0.2) is 5.14 Å². The van der Waals surface area contributed by atoms with Crippen LogP contribution < -0.4 is 10.5 Å². The lowest BCUT2D eigenvalue weighted by molar-refractivity contribution is -0.126. The predicted octanol–water partition coefficient (Wildman–Crippen LogP) is 1.23. The first-order valence-electron chi connectivity index (χ1n) is 8.45. The van der Waals surface area contributed by atoms with Crippen molar-refractivity contribution in [1.82, 2.24) is 9.62 Å². The molecule has 3 N–H and O–H groups in total. The Labute approximate surface area is 134 Å². The van der Waals surface area contributed by atoms with Gasteiger partial charge in [0.25, 0.3) is 10.2 Å². The minimum Gasteiger partial charge on any atom is -0.356 e. The van der Waals surface area contributed by atoms with Crippen molar-refractivity contribution in [3.63, 3.8) is 0 Å². The monoisotopic (exact) mass is 331 g/mol. The number of nitrogens with two attached hydrogens (primary N) is 1. The van der Waals surface area contributed by atoms with Gasteiger partial charge in [-0.15, -0.1) is 0 Å². The zero-order valence-electron chi connectivity index (χ0n) is 13.5. The van der Waals surface area contributed by atoms with Gasteiger partial charge >= 0.3 is 0 Å². The summed E-state index contributed by atoms with van der Waals surface area (Å²) < 4.78 is 23.8. The van der Waals surface area contributed by atoms with E-state index in [4.69, 9.17) is 5.14 Å². The Morgan fingerprint density at radius 3 is 2.14 bits per heavy atom. The standard InChI is InChI=1S/C15H29N3O3S/c1-2-12-3-5-13(6-4-12)11-17-15(19)14-7-9-18(10-8-14)22(16,20)21/h12-14H,2-11H2,1H3,(H,17,19)(H2,16,20,21). The summed E-state index contributed by atoms with van der Waals surface area (Å²) in [6.07, 6.45) is 7.37. The lowest BCUT2D eigenvalue weighted by Crippen LogP contribution is -2.46. The molecule has 7 heteroatoms. The maximum Gasteiger partial charge on any atom is 0.276 e. The van der Waals surface area contributed by atoms with E-state index >= 15 is 0 Å². The van der Waals surface area contributed by atoms with Crippen molar-refractivity contribution in [2.45, 2.75) is 51.9 Å². The fourth-order valence-electron chi connectivity index (χ4n) is 3.61. The minimum atomic E-state index is -3.61. The summed E-state index contributed by atoms with van der Waals surface area (Å²) >= 11 is 0. The Bertz CT molecular complexity index is 464. The van der Waals surface area contributed by atoms with Crippen LogP contribution in [-0.2, 0) is 15.0 Å². The first-order chi connectivity index (χ1) is 10.4. The van der Waals surface area contributed by atoms with Crippen molar-refractivity contribution in [1.29, 1.82) is 0 Å². The molecule has 0 aromatic carbocycles. The molecule has 1 saturated carbocycles. The van der Waals surface area contributed by atoms with E-state index in [9.17, 15) is 13.2 Å². The summed E-state index contributed by atoms with van der Waals surface area (Å²) in [5.74, 6) is 1.47. The molecule has 0 unspecified atom stereocenters. The number of rotatable bonds is 5. The molecule has 2 fully saturated rings. The highest BCUT2D eigenvalue weighted by atomic mass is 32.2. The predicted molar refractivity (Wildman–Crippen MR) is 86.2 cm³/mol. The highest BCUT2D eigenvalue weighted by molar-refractivity contribution is 7.86. The molecule has 1 aliphatic carbocycles. The molecule has 0 spiro atoms. The van der Waals surface area contributed by atoms with Crippen LogP contribution in [0.3, 0.4) is 0 Å². The molecule has 0 atom stereocenters. The molecule has 128 valence electrons. The largest absolute Gasteiger partial charge is 0.356 e. The van der Waals surface area contributed by atoms with Crippen LogP contribution in [0.1, 0.15) is 51.9 Å². The van der Waals surface area contributed by atoms with E-state index in [2.05, 4.69) is 12.2 Å². The van der Waals surface area contributed by atoms with Gasteiger partial charge in [0.05, 0.1) is 0 Å². The summed E-state index contributed by atoms with van der Waals surface area (Å²) in [7, 11) is -3.61. The minimum absolute atomic E-state index is 0.0756. The zero-order chi connectivity index (χ0) is 16.2. The van der Waals surface area contributed by atoms with Crippen LogP contribution in [0.25, 0.3) is 0 Å². The number of nitrogens with zero attached hydrogens (tertiary/aromatic N) is 1. The van der Waals surface area contributed by atoms with Crippen LogP contribution in [0, 0.1) is 17.8 Å². The Morgan fingerprint density at radius 1 is 1.09 bits per heavy atom. The molecule has 1 amide bonds. The van der Waals surface area contributed by atoms with E-state index in [-0.39, 0.29) is 11.8 Å². The second kappa shape index (κ2) is 7.75. The summed E-state index contributed by atoms with van der Waals surface area (Å²) in [4.78, 5) is 12.2. The maximum absolute atomic E-state index is 12.2. The molecule has 22 heavy (non-hydrogen) atoms. The summed E-state index contributed by atoms with van der Waals surface area (Å²) in [6.45, 7) is 3.71. The van der Waals surface area contributed by atoms with E-state index in [1.54, 1.807) is 0 Å². The van der Waals surface area contributed by atoms with Crippen molar-refractivity contribution in [3.8, 4) is 0 Å². The summed E-state index contributed by atoms with van der Waals surface area (Å²) in [5, 5.41) is 8.18. The van der Waals surface area contributed by atoms with Crippen LogP contribution >= 0.6 is 0 Å². The molecular formula is C15H29N3O3S. The third-order valence-corrected chi connectivity index (χ3v) is 6.38. The van der Waals surface area contributed by atoms with E-state index in [0.717, 1.165) is 12.5 Å². The van der Waals surface area contributed by atoms with Crippen LogP contribution in [0.2, 0.25) is 0 Å². The maximum atomic E-state index is 12.2. The topological polar surface area (TPSA) is 92.5 Å². The van der Waals surface area contributed by atoms with Gasteiger partial charge in [0.15, 0.2) is 0 Å². The van der Waals surface area contributed by atoms with Gasteiger partial charge in [0.2, 0.25) is 5.91 Å². The van der Waals surface area contributed by atoms with Crippen LogP contribution in [0.5, 0.6) is 0 Å². The summed E-state index contributed by atoms with van der Waals surface area (Å²) in [5.41, 5.74) is 0. The lowest BCUT2D eigenvalue weighted by atomic mass is 9.81. The first-order valence-corrected chi connectivity index (χ1v) is 9.96. The van der Waals surface area contributed by atoms with E-state index in [1.165, 1.54) is 36.4 Å². The second-order valence-corrected chi connectivity index (χ2v) is 8.30. The van der Waals surface area contributed by atoms with Crippen LogP contribution in [-0.4, -0.2) is 38.3 Å². The molecule has 0 aromatic heterocycles. The van der Waals surface area contributed by atoms with Crippen LogP contribution in [0.4, 0.5) is 0 Å². The molecule has 1 heterocycles. The smallest absolute Gasteiger partial charge is 0.276 e. The van der Waals surface area contributed by atoms with Crippen LogP contribution in [0.15, 0.2) is 0 Å². The average Bonchev–Trinajstić information content (AvgIpc) is 2.52. The number of piperidine rings is 1. The van der Waals surface area contributed by atoms with Gasteiger partial charge in [-0.2, -0.15) is 12.7 Å². The molecule has 0 aromatic rings. The normalized spacial score (nSPS) is 28.5. The number of hydrogen-bond donors (Lipinski definition) is 2. The average molecular weight is 331 g/mol. The Morgan fingerprint density at radius 2 is 1.64 bits per heavy atom. The lowest BCUT2D eigenvalue weighted by Gasteiger charge is -2.31. The van der Waals surface area contributed by atoms with Crippen molar-refractivity contribution in [3.05, 3.63) is 0 Å². The quantitative estimate of drug-likeness (QED) is 0.793. The van der Waals surface area contributed by atoms with Gasteiger partial charge in [-0.3, -0.25) is 4.79 Å².